The van der Waals surface area contributed by atoms with E-state index >= 15 is 0 Å². The summed E-state index contributed by atoms with van der Waals surface area (Å²) in [7, 11) is 1.62. The second-order valence-electron chi connectivity index (χ2n) is 8.78. The maximum absolute atomic E-state index is 13.2. The molecule has 0 bridgehead atoms. The van der Waals surface area contributed by atoms with Crippen molar-refractivity contribution in [2.45, 2.75) is 44.8 Å². The number of carbonyl (C=O) groups excluding carboxylic acids is 1. The van der Waals surface area contributed by atoms with Crippen LogP contribution in [0.5, 0.6) is 0 Å². The van der Waals surface area contributed by atoms with E-state index in [0.717, 1.165) is 6.07 Å². The molecule has 1 aliphatic rings. The van der Waals surface area contributed by atoms with Gasteiger partial charge in [0, 0.05) is 38.3 Å². The Morgan fingerprint density at radius 2 is 1.89 bits per heavy atom. The number of hydrogen-bond acceptors (Lipinski definition) is 7. The largest absolute Gasteiger partial charge is 0.433 e. The molecule has 9 nitrogen and oxygen atoms in total. The van der Waals surface area contributed by atoms with Gasteiger partial charge in [-0.15, -0.1) is 0 Å². The number of aromatic nitrogens is 4. The molecule has 0 aromatic carbocycles. The third-order valence-corrected chi connectivity index (χ3v) is 6.37. The van der Waals surface area contributed by atoms with Crippen LogP contribution in [0.1, 0.15) is 55.6 Å². The average Bonchev–Trinajstić information content (AvgIpc) is 2.80. The minimum atomic E-state index is -4.63. The Morgan fingerprint density at radius 1 is 1.20 bits per heavy atom. The molecule has 3 aromatic heterocycles. The van der Waals surface area contributed by atoms with Crippen molar-refractivity contribution in [1.29, 1.82) is 0 Å². The first-order valence-electron chi connectivity index (χ1n) is 11.2. The van der Waals surface area contributed by atoms with Crippen molar-refractivity contribution in [2.75, 3.05) is 24.1 Å². The maximum Gasteiger partial charge on any atom is 0.433 e. The first-order chi connectivity index (χ1) is 16.5. The number of fused-ring (bicyclic) bond motifs is 1. The summed E-state index contributed by atoms with van der Waals surface area (Å²) in [6, 6.07) is 3.24. The van der Waals surface area contributed by atoms with Crippen molar-refractivity contribution < 1.29 is 18.0 Å². The number of pyridine rings is 2. The molecule has 3 N–H and O–H groups in total. The number of nitrogens with one attached hydrogen (secondary N) is 1. The third kappa shape index (κ3) is 4.91. The summed E-state index contributed by atoms with van der Waals surface area (Å²) in [5.41, 5.74) is 5.47. The van der Waals surface area contributed by atoms with Crippen LogP contribution in [-0.2, 0) is 18.0 Å². The number of piperidine rings is 1. The molecule has 1 saturated heterocycles. The summed E-state index contributed by atoms with van der Waals surface area (Å²) in [5, 5.41) is 3.66. The summed E-state index contributed by atoms with van der Waals surface area (Å²) in [4.78, 5) is 38.8. The molecule has 0 radical (unpaired) electrons. The van der Waals surface area contributed by atoms with Crippen LogP contribution in [0.25, 0.3) is 11.0 Å². The first-order valence-corrected chi connectivity index (χ1v) is 11.2. The van der Waals surface area contributed by atoms with E-state index in [0.29, 0.717) is 48.3 Å². The minimum absolute atomic E-state index is 0.00702. The molecular weight excluding hydrogens is 463 g/mol. The van der Waals surface area contributed by atoms with E-state index in [1.54, 1.807) is 24.9 Å². The van der Waals surface area contributed by atoms with E-state index in [-0.39, 0.29) is 28.8 Å². The Balaban J connectivity index is 1.70. The maximum atomic E-state index is 13.2. The zero-order valence-corrected chi connectivity index (χ0v) is 19.6. The van der Waals surface area contributed by atoms with Crippen LogP contribution >= 0.6 is 0 Å². The van der Waals surface area contributed by atoms with Crippen LogP contribution in [0.3, 0.4) is 0 Å². The molecule has 0 aliphatic carbocycles. The molecule has 4 rings (SSSR count). The van der Waals surface area contributed by atoms with Crippen LogP contribution in [0.2, 0.25) is 0 Å². The molecular formula is C23H26F3N7O2. The van der Waals surface area contributed by atoms with E-state index in [2.05, 4.69) is 20.3 Å². The van der Waals surface area contributed by atoms with Crippen LogP contribution in [0.4, 0.5) is 24.7 Å². The molecule has 1 amide bonds. The molecule has 12 heteroatoms. The van der Waals surface area contributed by atoms with E-state index in [9.17, 15) is 22.8 Å². The predicted octanol–water partition coefficient (Wildman–Crippen LogP) is 3.22. The molecule has 1 aliphatic heterocycles. The number of hydrogen-bond donors (Lipinski definition) is 2. The van der Waals surface area contributed by atoms with Gasteiger partial charge in [-0.2, -0.15) is 13.2 Å². The van der Waals surface area contributed by atoms with Crippen LogP contribution in [-0.4, -0.2) is 43.4 Å². The number of aryl methyl sites for hydroxylation is 1. The number of amides is 1. The highest BCUT2D eigenvalue weighted by Gasteiger charge is 2.33. The molecule has 1 fully saturated rings. The number of carbonyl (C=O) groups is 1. The van der Waals surface area contributed by atoms with Gasteiger partial charge in [-0.25, -0.2) is 15.0 Å². The van der Waals surface area contributed by atoms with Crippen LogP contribution in [0.15, 0.2) is 29.3 Å². The topological polar surface area (TPSA) is 119 Å². The normalized spacial score (nSPS) is 15.9. The van der Waals surface area contributed by atoms with Crippen molar-refractivity contribution in [3.8, 4) is 0 Å². The molecule has 1 atom stereocenters. The number of nitrogens with zero attached hydrogens (tertiary/aromatic N) is 5. The molecule has 4 heterocycles. The van der Waals surface area contributed by atoms with Crippen molar-refractivity contribution >= 4 is 28.4 Å². The third-order valence-electron chi connectivity index (χ3n) is 6.37. The lowest BCUT2D eigenvalue weighted by Crippen LogP contribution is -2.38. The smallest absolute Gasteiger partial charge is 0.399 e. The molecule has 0 saturated carbocycles. The lowest BCUT2D eigenvalue weighted by molar-refractivity contribution is -0.141. The number of likely N-dealkylation sites (tertiary alicyclic amines) is 1. The summed E-state index contributed by atoms with van der Waals surface area (Å²) < 4.78 is 41.1. The SMILES string of the molecule is CC(=O)N1CCC(c2cc3c(NC(C)c4cc(N)cc(C(F)(F)F)n4)ncnc3n(C)c2=O)CC1. The van der Waals surface area contributed by atoms with Gasteiger partial charge in [0.15, 0.2) is 0 Å². The summed E-state index contributed by atoms with van der Waals surface area (Å²) in [6.07, 6.45) is -2.03. The molecule has 1 unspecified atom stereocenters. The number of halogens is 3. The number of anilines is 2. The first kappa shape index (κ1) is 24.4. The molecule has 35 heavy (non-hydrogen) atoms. The Morgan fingerprint density at radius 3 is 2.51 bits per heavy atom. The highest BCUT2D eigenvalue weighted by molar-refractivity contribution is 5.87. The number of nitrogens with two attached hydrogens (primary N) is 1. The van der Waals surface area contributed by atoms with E-state index < -0.39 is 17.9 Å². The zero-order valence-electron chi connectivity index (χ0n) is 19.6. The van der Waals surface area contributed by atoms with E-state index in [4.69, 9.17) is 5.73 Å². The number of nitrogen functional groups attached to an aromatic ring is 1. The monoisotopic (exact) mass is 489 g/mol. The molecule has 186 valence electrons. The van der Waals surface area contributed by atoms with Crippen molar-refractivity contribution in [3.63, 3.8) is 0 Å². The fourth-order valence-electron chi connectivity index (χ4n) is 4.43. The predicted molar refractivity (Wildman–Crippen MR) is 125 cm³/mol. The highest BCUT2D eigenvalue weighted by Crippen LogP contribution is 2.32. The van der Waals surface area contributed by atoms with E-state index in [1.165, 1.54) is 23.9 Å². The quantitative estimate of drug-likeness (QED) is 0.578. The summed E-state index contributed by atoms with van der Waals surface area (Å²) >= 11 is 0. The van der Waals surface area contributed by atoms with E-state index in [1.807, 2.05) is 0 Å². The van der Waals surface area contributed by atoms with Crippen molar-refractivity contribution in [3.05, 3.63) is 51.8 Å². The minimum Gasteiger partial charge on any atom is -0.399 e. The van der Waals surface area contributed by atoms with Crippen molar-refractivity contribution in [2.24, 2.45) is 7.05 Å². The molecule has 3 aromatic rings. The second kappa shape index (κ2) is 9.16. The second-order valence-corrected chi connectivity index (χ2v) is 8.78. The van der Waals surface area contributed by atoms with Gasteiger partial charge >= 0.3 is 6.18 Å². The highest BCUT2D eigenvalue weighted by atomic mass is 19.4. The standard InChI is InChI=1S/C23H26F3N7O2/c1-12(18-8-15(27)9-19(31-18)23(24,25)26)30-20-17-10-16(14-4-6-33(7-5-14)13(2)34)22(35)32(3)21(17)29-11-28-20/h8-12,14H,4-7H2,1-3H3,(H2,27,31)(H,28,29,30). The zero-order chi connectivity index (χ0) is 25.5. The van der Waals surface area contributed by atoms with Crippen molar-refractivity contribution in [1.82, 2.24) is 24.4 Å². The van der Waals surface area contributed by atoms with Crippen LogP contribution in [0, 0.1) is 0 Å². The average molecular weight is 490 g/mol. The summed E-state index contributed by atoms with van der Waals surface area (Å²) in [5.74, 6) is 0.329. The summed E-state index contributed by atoms with van der Waals surface area (Å²) in [6.45, 7) is 4.31. The fraction of sp³-hybridized carbons (Fsp3) is 0.435. The Bertz CT molecular complexity index is 1330. The van der Waals surface area contributed by atoms with Gasteiger partial charge in [0.25, 0.3) is 5.56 Å². The molecule has 0 spiro atoms. The Hall–Kier alpha value is -3.70. The van der Waals surface area contributed by atoms with Gasteiger partial charge in [0.05, 0.1) is 17.1 Å². The lowest BCUT2D eigenvalue weighted by Gasteiger charge is -2.31. The number of alkyl halides is 3. The Labute approximate surface area is 199 Å². The van der Waals surface area contributed by atoms with Gasteiger partial charge in [-0.1, -0.05) is 0 Å². The van der Waals surface area contributed by atoms with Gasteiger partial charge < -0.3 is 16.0 Å². The van der Waals surface area contributed by atoms with Gasteiger partial charge in [0.2, 0.25) is 5.91 Å². The van der Waals surface area contributed by atoms with Gasteiger partial charge in [0.1, 0.15) is 23.5 Å². The number of rotatable bonds is 4. The van der Waals surface area contributed by atoms with Gasteiger partial charge in [-0.3, -0.25) is 14.2 Å². The van der Waals surface area contributed by atoms with Crippen LogP contribution < -0.4 is 16.6 Å². The lowest BCUT2D eigenvalue weighted by atomic mass is 9.89. The van der Waals surface area contributed by atoms with Gasteiger partial charge in [-0.05, 0) is 43.9 Å². The Kier molecular flexibility index (Phi) is 6.39. The fourth-order valence-corrected chi connectivity index (χ4v) is 4.43.